The second kappa shape index (κ2) is 12.0. The van der Waals surface area contributed by atoms with Gasteiger partial charge >= 0.3 is 6.01 Å². The van der Waals surface area contributed by atoms with Crippen molar-refractivity contribution in [2.75, 3.05) is 39.4 Å². The van der Waals surface area contributed by atoms with E-state index in [1.54, 1.807) is 49.2 Å². The Bertz CT molecular complexity index is 1310. The molecule has 0 saturated heterocycles. The third kappa shape index (κ3) is 6.45. The molecule has 3 aromatic carbocycles. The molecule has 1 N–H and O–H groups in total. The molecular formula is C28H30N4O5. The summed E-state index contributed by atoms with van der Waals surface area (Å²) in [4.78, 5) is 17.5. The number of aromatic nitrogens is 3. The zero-order valence-corrected chi connectivity index (χ0v) is 21.4. The van der Waals surface area contributed by atoms with Gasteiger partial charge in [0.25, 0.3) is 5.91 Å². The lowest BCUT2D eigenvalue weighted by Gasteiger charge is -2.10. The molecule has 0 atom stereocenters. The number of aryl methyl sites for hydroxylation is 1. The van der Waals surface area contributed by atoms with Crippen LogP contribution in [0.5, 0.6) is 17.5 Å². The van der Waals surface area contributed by atoms with Crippen LogP contribution in [0.15, 0.2) is 66.7 Å². The van der Waals surface area contributed by atoms with E-state index < -0.39 is 0 Å². The van der Waals surface area contributed by atoms with E-state index in [-0.39, 0.29) is 11.9 Å². The smallest absolute Gasteiger partial charge is 0.336 e. The van der Waals surface area contributed by atoms with Crippen LogP contribution >= 0.6 is 0 Å². The van der Waals surface area contributed by atoms with Gasteiger partial charge in [0, 0.05) is 29.5 Å². The maximum absolute atomic E-state index is 12.8. The lowest BCUT2D eigenvalue weighted by Crippen LogP contribution is -2.12. The van der Waals surface area contributed by atoms with Crippen molar-refractivity contribution in [3.8, 4) is 34.6 Å². The molecule has 0 aliphatic rings. The molecule has 37 heavy (non-hydrogen) atoms. The van der Waals surface area contributed by atoms with Crippen LogP contribution in [0.2, 0.25) is 0 Å². The second-order valence-electron chi connectivity index (χ2n) is 8.14. The summed E-state index contributed by atoms with van der Waals surface area (Å²) < 4.78 is 23.3. The first-order valence-electron chi connectivity index (χ1n) is 11.9. The number of carbonyl (C=O) groups is 1. The largest absolute Gasteiger partial charge is 0.497 e. The molecule has 9 heteroatoms. The number of ether oxygens (including phenoxy) is 4. The van der Waals surface area contributed by atoms with Gasteiger partial charge in [0.1, 0.15) is 18.1 Å². The molecule has 0 aliphatic carbocycles. The van der Waals surface area contributed by atoms with Crippen LogP contribution in [0.1, 0.15) is 22.8 Å². The van der Waals surface area contributed by atoms with Gasteiger partial charge in [-0.2, -0.15) is 4.98 Å². The van der Waals surface area contributed by atoms with Gasteiger partial charge in [-0.15, -0.1) is 5.10 Å². The van der Waals surface area contributed by atoms with Crippen molar-refractivity contribution in [1.82, 2.24) is 14.8 Å². The van der Waals surface area contributed by atoms with Gasteiger partial charge in [-0.05, 0) is 50.2 Å². The summed E-state index contributed by atoms with van der Waals surface area (Å²) in [6.45, 7) is 5.39. The number of methoxy groups -OCH3 is 2. The molecule has 0 spiro atoms. The summed E-state index contributed by atoms with van der Waals surface area (Å²) in [5.41, 5.74) is 3.87. The van der Waals surface area contributed by atoms with E-state index in [9.17, 15) is 4.79 Å². The van der Waals surface area contributed by atoms with Gasteiger partial charge in [0.2, 0.25) is 0 Å². The van der Waals surface area contributed by atoms with E-state index in [2.05, 4.69) is 15.4 Å². The number of hydrogen-bond donors (Lipinski definition) is 1. The molecular weight excluding hydrogens is 472 g/mol. The maximum Gasteiger partial charge on any atom is 0.336 e. The van der Waals surface area contributed by atoms with Crippen LogP contribution in [-0.4, -0.2) is 54.7 Å². The number of carbonyl (C=O) groups excluding carboxylic acids is 1. The van der Waals surface area contributed by atoms with Crippen LogP contribution < -0.4 is 19.5 Å². The van der Waals surface area contributed by atoms with E-state index in [1.807, 2.05) is 50.2 Å². The number of rotatable bonds is 11. The quantitative estimate of drug-likeness (QED) is 0.291. The molecule has 4 aromatic rings. The molecule has 9 nitrogen and oxygen atoms in total. The van der Waals surface area contributed by atoms with Gasteiger partial charge in [-0.3, -0.25) is 4.79 Å². The highest BCUT2D eigenvalue weighted by molar-refractivity contribution is 6.04. The Morgan fingerprint density at radius 3 is 2.22 bits per heavy atom. The minimum Gasteiger partial charge on any atom is -0.497 e. The van der Waals surface area contributed by atoms with Crippen molar-refractivity contribution in [3.05, 3.63) is 77.9 Å². The van der Waals surface area contributed by atoms with Crippen molar-refractivity contribution in [1.29, 1.82) is 0 Å². The number of anilines is 1. The van der Waals surface area contributed by atoms with Crippen LogP contribution in [0, 0.1) is 6.92 Å². The molecule has 0 unspecified atom stereocenters. The van der Waals surface area contributed by atoms with Gasteiger partial charge in [0.15, 0.2) is 5.82 Å². The lowest BCUT2D eigenvalue weighted by atomic mass is 10.1. The third-order valence-electron chi connectivity index (χ3n) is 5.54. The average molecular weight is 503 g/mol. The number of benzene rings is 3. The second-order valence-corrected chi connectivity index (χ2v) is 8.14. The summed E-state index contributed by atoms with van der Waals surface area (Å²) in [7, 11) is 3.08. The molecule has 1 aromatic heterocycles. The van der Waals surface area contributed by atoms with E-state index in [4.69, 9.17) is 18.9 Å². The monoisotopic (exact) mass is 502 g/mol. The first kappa shape index (κ1) is 25.7. The summed E-state index contributed by atoms with van der Waals surface area (Å²) in [5.74, 6) is 1.44. The fraction of sp³-hybridized carbons (Fsp3) is 0.250. The summed E-state index contributed by atoms with van der Waals surface area (Å²) >= 11 is 0. The van der Waals surface area contributed by atoms with Crippen molar-refractivity contribution >= 4 is 11.6 Å². The fourth-order valence-corrected chi connectivity index (χ4v) is 3.59. The Morgan fingerprint density at radius 2 is 1.59 bits per heavy atom. The van der Waals surface area contributed by atoms with Gasteiger partial charge < -0.3 is 24.3 Å². The van der Waals surface area contributed by atoms with Crippen LogP contribution in [-0.2, 0) is 4.74 Å². The number of hydrogen-bond acceptors (Lipinski definition) is 7. The minimum atomic E-state index is -0.281. The van der Waals surface area contributed by atoms with E-state index in [1.165, 1.54) is 0 Å². The Balaban J connectivity index is 1.57. The topological polar surface area (TPSA) is 96.7 Å². The summed E-state index contributed by atoms with van der Waals surface area (Å²) in [6.07, 6.45) is 0. The first-order chi connectivity index (χ1) is 18.0. The predicted octanol–water partition coefficient (Wildman–Crippen LogP) is 4.93. The summed E-state index contributed by atoms with van der Waals surface area (Å²) in [6, 6.07) is 20.7. The molecule has 0 fully saturated rings. The SMILES string of the molecule is CCOCCOc1nc(-c2ccc(C)cc2)n(-c2ccc(NC(=O)c3cc(OC)cc(OC)c3)cc2)n1. The van der Waals surface area contributed by atoms with Crippen molar-refractivity contribution in [2.24, 2.45) is 0 Å². The van der Waals surface area contributed by atoms with E-state index in [0.29, 0.717) is 48.4 Å². The molecule has 1 heterocycles. The van der Waals surface area contributed by atoms with Gasteiger partial charge in [0.05, 0.1) is 26.5 Å². The summed E-state index contributed by atoms with van der Waals surface area (Å²) in [5, 5.41) is 7.47. The molecule has 0 saturated carbocycles. The highest BCUT2D eigenvalue weighted by Gasteiger charge is 2.16. The Morgan fingerprint density at radius 1 is 0.919 bits per heavy atom. The standard InChI is InChI=1S/C28H30N4O5/c1-5-36-14-15-37-28-30-26(20-8-6-19(2)7-9-20)32(31-28)23-12-10-22(11-13-23)29-27(33)21-16-24(34-3)18-25(17-21)35-4/h6-13,16-18H,5,14-15H2,1-4H3,(H,29,33). The van der Waals surface area contributed by atoms with Crippen LogP contribution in [0.25, 0.3) is 17.1 Å². The number of amides is 1. The predicted molar refractivity (Wildman–Crippen MR) is 141 cm³/mol. The molecule has 192 valence electrons. The molecule has 0 bridgehead atoms. The van der Waals surface area contributed by atoms with Crippen molar-refractivity contribution < 1.29 is 23.7 Å². The van der Waals surface area contributed by atoms with Crippen molar-refractivity contribution in [3.63, 3.8) is 0 Å². The van der Waals surface area contributed by atoms with Crippen molar-refractivity contribution in [2.45, 2.75) is 13.8 Å². The van der Waals surface area contributed by atoms with E-state index >= 15 is 0 Å². The van der Waals surface area contributed by atoms with E-state index in [0.717, 1.165) is 16.8 Å². The molecule has 0 aliphatic heterocycles. The highest BCUT2D eigenvalue weighted by atomic mass is 16.5. The Labute approximate surface area is 216 Å². The zero-order valence-electron chi connectivity index (χ0n) is 21.4. The molecule has 1 amide bonds. The Kier molecular flexibility index (Phi) is 8.37. The average Bonchev–Trinajstić information content (AvgIpc) is 3.35. The lowest BCUT2D eigenvalue weighted by molar-refractivity contribution is 0.102. The molecule has 4 rings (SSSR count). The first-order valence-corrected chi connectivity index (χ1v) is 11.9. The molecule has 0 radical (unpaired) electrons. The normalized spacial score (nSPS) is 10.7. The number of nitrogens with zero attached hydrogens (tertiary/aromatic N) is 3. The Hall–Kier alpha value is -4.37. The fourth-order valence-electron chi connectivity index (χ4n) is 3.59. The van der Waals surface area contributed by atoms with Crippen LogP contribution in [0.4, 0.5) is 5.69 Å². The van der Waals surface area contributed by atoms with Gasteiger partial charge in [-0.1, -0.05) is 29.8 Å². The van der Waals surface area contributed by atoms with Gasteiger partial charge in [-0.25, -0.2) is 4.68 Å². The minimum absolute atomic E-state index is 0.264. The maximum atomic E-state index is 12.8. The van der Waals surface area contributed by atoms with Crippen LogP contribution in [0.3, 0.4) is 0 Å². The highest BCUT2D eigenvalue weighted by Crippen LogP contribution is 2.26. The zero-order chi connectivity index (χ0) is 26.2. The third-order valence-corrected chi connectivity index (χ3v) is 5.54. The number of nitrogens with one attached hydrogen (secondary N) is 1.